The Morgan fingerprint density at radius 2 is 2.16 bits per heavy atom. The quantitative estimate of drug-likeness (QED) is 0.473. The van der Waals surface area contributed by atoms with Crippen molar-refractivity contribution in [2.45, 2.75) is 6.61 Å². The summed E-state index contributed by atoms with van der Waals surface area (Å²) in [6.07, 6.45) is 1.23. The molecule has 0 radical (unpaired) electrons. The molecule has 2 aromatic rings. The van der Waals surface area contributed by atoms with Crippen LogP contribution >= 0.6 is 0 Å². The first-order valence-electron chi connectivity index (χ1n) is 5.55. The molecule has 0 saturated heterocycles. The van der Waals surface area contributed by atoms with E-state index in [1.54, 1.807) is 30.3 Å². The number of pyridine rings is 1. The number of hydrogen-bond donors (Lipinski definition) is 0. The number of nitriles is 1. The van der Waals surface area contributed by atoms with Crippen molar-refractivity contribution in [2.24, 2.45) is 0 Å². The minimum absolute atomic E-state index is 0.0171. The molecule has 1 heterocycles. The molecule has 19 heavy (non-hydrogen) atoms. The average Bonchev–Trinajstić information content (AvgIpc) is 2.45. The van der Waals surface area contributed by atoms with Gasteiger partial charge in [-0.25, -0.2) is 4.79 Å². The highest BCUT2D eigenvalue weighted by Gasteiger charge is 2.16. The minimum Gasteiger partial charge on any atom is -0.618 e. The Hall–Kier alpha value is -2.87. The van der Waals surface area contributed by atoms with Gasteiger partial charge in [0.1, 0.15) is 6.61 Å². The van der Waals surface area contributed by atoms with Crippen LogP contribution in [-0.4, -0.2) is 5.97 Å². The van der Waals surface area contributed by atoms with E-state index in [4.69, 9.17) is 10.00 Å². The highest BCUT2D eigenvalue weighted by Crippen LogP contribution is 2.07. The summed E-state index contributed by atoms with van der Waals surface area (Å²) in [6.45, 7) is 0.0171. The molecule has 0 unspecified atom stereocenters. The second kappa shape index (κ2) is 5.65. The lowest BCUT2D eigenvalue weighted by Crippen LogP contribution is -2.34. The van der Waals surface area contributed by atoms with Gasteiger partial charge in [0.15, 0.2) is 6.20 Å². The molecule has 1 aromatic carbocycles. The largest absolute Gasteiger partial charge is 0.618 e. The summed E-state index contributed by atoms with van der Waals surface area (Å²) in [7, 11) is 0. The topological polar surface area (TPSA) is 77.0 Å². The number of rotatable bonds is 3. The molecule has 2 rings (SSSR count). The van der Waals surface area contributed by atoms with Crippen LogP contribution in [0.25, 0.3) is 0 Å². The van der Waals surface area contributed by atoms with Crippen LogP contribution in [0.2, 0.25) is 0 Å². The third-order valence-corrected chi connectivity index (χ3v) is 2.46. The maximum atomic E-state index is 11.7. The van der Waals surface area contributed by atoms with Crippen LogP contribution in [0.3, 0.4) is 0 Å². The standard InChI is InChI=1S/C14H10N2O3/c15-9-11-4-3-5-12(8-11)10-19-14(17)13-6-1-2-7-16(13)18/h1-8H,10H2. The predicted molar refractivity (Wildman–Crippen MR) is 65.7 cm³/mol. The highest BCUT2D eigenvalue weighted by molar-refractivity contribution is 5.85. The summed E-state index contributed by atoms with van der Waals surface area (Å²) < 4.78 is 5.48. The van der Waals surface area contributed by atoms with Gasteiger partial charge in [-0.05, 0) is 23.8 Å². The molecule has 1 aromatic heterocycles. The fraction of sp³-hybridized carbons (Fsp3) is 0.0714. The first-order valence-corrected chi connectivity index (χ1v) is 5.55. The zero-order chi connectivity index (χ0) is 13.7. The van der Waals surface area contributed by atoms with E-state index in [2.05, 4.69) is 0 Å². The van der Waals surface area contributed by atoms with Crippen molar-refractivity contribution in [3.8, 4) is 6.07 Å². The van der Waals surface area contributed by atoms with Crippen LogP contribution in [0, 0.1) is 16.5 Å². The Kier molecular flexibility index (Phi) is 3.74. The summed E-state index contributed by atoms with van der Waals surface area (Å²) in [4.78, 5) is 11.7. The monoisotopic (exact) mass is 254 g/mol. The van der Waals surface area contributed by atoms with E-state index in [0.29, 0.717) is 15.9 Å². The van der Waals surface area contributed by atoms with Crippen molar-refractivity contribution in [2.75, 3.05) is 0 Å². The first kappa shape index (κ1) is 12.6. The molecule has 0 amide bonds. The number of benzene rings is 1. The molecule has 0 bridgehead atoms. The maximum Gasteiger partial charge on any atom is 0.405 e. The minimum atomic E-state index is -0.696. The van der Waals surface area contributed by atoms with E-state index in [9.17, 15) is 10.0 Å². The number of carbonyl (C=O) groups is 1. The van der Waals surface area contributed by atoms with Gasteiger partial charge in [-0.15, -0.1) is 0 Å². The van der Waals surface area contributed by atoms with E-state index in [1.807, 2.05) is 6.07 Å². The zero-order valence-corrected chi connectivity index (χ0v) is 9.95. The summed E-state index contributed by atoms with van der Waals surface area (Å²) in [6, 6.07) is 13.2. The molecule has 0 aliphatic heterocycles. The van der Waals surface area contributed by atoms with Crippen LogP contribution in [-0.2, 0) is 11.3 Å². The molecule has 5 heteroatoms. The van der Waals surface area contributed by atoms with Crippen LogP contribution in [0.5, 0.6) is 0 Å². The molecule has 0 aliphatic rings. The molecule has 0 atom stereocenters. The van der Waals surface area contributed by atoms with E-state index in [1.165, 1.54) is 18.3 Å². The number of carbonyl (C=O) groups excluding carboxylic acids is 1. The first-order chi connectivity index (χ1) is 9.20. The SMILES string of the molecule is N#Cc1cccc(COC(=O)c2cccc[n+]2[O-])c1. The van der Waals surface area contributed by atoms with E-state index in [-0.39, 0.29) is 12.3 Å². The Bertz CT molecular complexity index is 647. The van der Waals surface area contributed by atoms with Crippen molar-refractivity contribution in [1.29, 1.82) is 5.26 Å². The average molecular weight is 254 g/mol. The molecule has 0 aliphatic carbocycles. The van der Waals surface area contributed by atoms with Gasteiger partial charge in [0.25, 0.3) is 0 Å². The van der Waals surface area contributed by atoms with Gasteiger partial charge in [-0.2, -0.15) is 9.99 Å². The Labute approximate surface area is 109 Å². The zero-order valence-electron chi connectivity index (χ0n) is 9.95. The highest BCUT2D eigenvalue weighted by atomic mass is 16.5. The molecular formula is C14H10N2O3. The van der Waals surface area contributed by atoms with Gasteiger partial charge < -0.3 is 9.94 Å². The third kappa shape index (κ3) is 3.07. The number of ether oxygens (including phenoxy) is 1. The summed E-state index contributed by atoms with van der Waals surface area (Å²) >= 11 is 0. The Morgan fingerprint density at radius 1 is 1.32 bits per heavy atom. The molecule has 0 N–H and O–H groups in total. The predicted octanol–water partition coefficient (Wildman–Crippen LogP) is 1.55. The summed E-state index contributed by atoms with van der Waals surface area (Å²) in [5, 5.41) is 20.1. The third-order valence-electron chi connectivity index (χ3n) is 2.46. The number of nitrogens with zero attached hydrogens (tertiary/aromatic N) is 2. The molecular weight excluding hydrogens is 244 g/mol. The van der Waals surface area contributed by atoms with Crippen molar-refractivity contribution < 1.29 is 14.3 Å². The van der Waals surface area contributed by atoms with Crippen molar-refractivity contribution in [3.63, 3.8) is 0 Å². The van der Waals surface area contributed by atoms with Crippen LogP contribution in [0.1, 0.15) is 21.6 Å². The molecule has 0 saturated carbocycles. The number of aromatic nitrogens is 1. The molecule has 5 nitrogen and oxygen atoms in total. The lowest BCUT2D eigenvalue weighted by atomic mass is 10.1. The van der Waals surface area contributed by atoms with Crippen molar-refractivity contribution >= 4 is 5.97 Å². The molecule has 94 valence electrons. The molecule has 0 fully saturated rings. The van der Waals surface area contributed by atoms with E-state index < -0.39 is 5.97 Å². The fourth-order valence-corrected chi connectivity index (χ4v) is 1.54. The van der Waals surface area contributed by atoms with Gasteiger partial charge in [0.2, 0.25) is 0 Å². The normalized spacial score (nSPS) is 9.63. The Morgan fingerprint density at radius 3 is 2.89 bits per heavy atom. The second-order valence-electron chi connectivity index (χ2n) is 3.80. The summed E-state index contributed by atoms with van der Waals surface area (Å²) in [5.41, 5.74) is 1.12. The van der Waals surface area contributed by atoms with Gasteiger partial charge in [0.05, 0.1) is 11.6 Å². The van der Waals surface area contributed by atoms with Gasteiger partial charge in [-0.1, -0.05) is 12.1 Å². The lowest BCUT2D eigenvalue weighted by molar-refractivity contribution is -0.608. The van der Waals surface area contributed by atoms with E-state index in [0.717, 1.165) is 0 Å². The number of esters is 1. The van der Waals surface area contributed by atoms with E-state index >= 15 is 0 Å². The lowest BCUT2D eigenvalue weighted by Gasteiger charge is -2.05. The molecule has 0 spiro atoms. The second-order valence-corrected chi connectivity index (χ2v) is 3.80. The summed E-state index contributed by atoms with van der Waals surface area (Å²) in [5.74, 6) is -0.696. The fourth-order valence-electron chi connectivity index (χ4n) is 1.54. The van der Waals surface area contributed by atoms with Crippen molar-refractivity contribution in [3.05, 3.63) is 70.7 Å². The van der Waals surface area contributed by atoms with Crippen LogP contribution < -0.4 is 4.73 Å². The Balaban J connectivity index is 2.05. The van der Waals surface area contributed by atoms with Gasteiger partial charge in [-0.3, -0.25) is 0 Å². The number of hydrogen-bond acceptors (Lipinski definition) is 4. The maximum absolute atomic E-state index is 11.7. The van der Waals surface area contributed by atoms with Gasteiger partial charge >= 0.3 is 11.7 Å². The van der Waals surface area contributed by atoms with Crippen LogP contribution in [0.4, 0.5) is 0 Å². The smallest absolute Gasteiger partial charge is 0.405 e. The van der Waals surface area contributed by atoms with Crippen LogP contribution in [0.15, 0.2) is 48.7 Å². The van der Waals surface area contributed by atoms with Gasteiger partial charge in [0, 0.05) is 12.1 Å². The van der Waals surface area contributed by atoms with Crippen molar-refractivity contribution in [1.82, 2.24) is 0 Å².